The van der Waals surface area contributed by atoms with E-state index in [4.69, 9.17) is 9.47 Å². The van der Waals surface area contributed by atoms with Gasteiger partial charge in [-0.25, -0.2) is 0 Å². The van der Waals surface area contributed by atoms with E-state index in [2.05, 4.69) is 6.92 Å². The van der Waals surface area contributed by atoms with E-state index in [0.29, 0.717) is 19.6 Å². The Morgan fingerprint density at radius 2 is 1.23 bits per heavy atom. The SMILES string of the molecule is CCCCOC(=O)C(CCCC)(C(=O)OCCCC)C(C)C. The van der Waals surface area contributed by atoms with Gasteiger partial charge in [-0.3, -0.25) is 9.59 Å². The monoisotopic (exact) mass is 314 g/mol. The average molecular weight is 314 g/mol. The normalized spacial score (nSPS) is 11.5. The van der Waals surface area contributed by atoms with Gasteiger partial charge in [0.25, 0.3) is 0 Å². The third kappa shape index (κ3) is 5.98. The fourth-order valence-corrected chi connectivity index (χ4v) is 2.38. The van der Waals surface area contributed by atoms with Crippen molar-refractivity contribution in [2.45, 2.75) is 79.6 Å². The standard InChI is InChI=1S/C18H34O4/c1-6-9-12-18(15(4)5,16(19)21-13-10-7-2)17(20)22-14-11-8-3/h15H,6-14H2,1-5H3. The molecule has 0 unspecified atom stereocenters. The van der Waals surface area contributed by atoms with E-state index in [1.165, 1.54) is 0 Å². The van der Waals surface area contributed by atoms with Gasteiger partial charge in [-0.05, 0) is 25.2 Å². The van der Waals surface area contributed by atoms with Gasteiger partial charge in [0, 0.05) is 0 Å². The predicted molar refractivity (Wildman–Crippen MR) is 88.5 cm³/mol. The van der Waals surface area contributed by atoms with Gasteiger partial charge >= 0.3 is 11.9 Å². The second kappa shape index (κ2) is 11.5. The smallest absolute Gasteiger partial charge is 0.323 e. The van der Waals surface area contributed by atoms with Crippen LogP contribution in [0.3, 0.4) is 0 Å². The molecule has 0 saturated heterocycles. The summed E-state index contributed by atoms with van der Waals surface area (Å²) in [6.07, 6.45) is 5.78. The van der Waals surface area contributed by atoms with E-state index in [-0.39, 0.29) is 5.92 Å². The van der Waals surface area contributed by atoms with Crippen molar-refractivity contribution in [2.24, 2.45) is 11.3 Å². The molecule has 0 fully saturated rings. The molecule has 0 radical (unpaired) electrons. The Kier molecular flexibility index (Phi) is 10.9. The van der Waals surface area contributed by atoms with Gasteiger partial charge in [-0.1, -0.05) is 60.3 Å². The summed E-state index contributed by atoms with van der Waals surface area (Å²) in [6.45, 7) is 10.7. The quantitative estimate of drug-likeness (QED) is 0.302. The average Bonchev–Trinajstić information content (AvgIpc) is 2.48. The fourth-order valence-electron chi connectivity index (χ4n) is 2.38. The third-order valence-electron chi connectivity index (χ3n) is 4.10. The first-order chi connectivity index (χ1) is 10.5. The maximum absolute atomic E-state index is 12.6. The van der Waals surface area contributed by atoms with Crippen LogP contribution >= 0.6 is 0 Å². The zero-order valence-corrected chi connectivity index (χ0v) is 15.1. The third-order valence-corrected chi connectivity index (χ3v) is 4.10. The molecule has 0 amide bonds. The first-order valence-corrected chi connectivity index (χ1v) is 8.81. The lowest BCUT2D eigenvalue weighted by Crippen LogP contribution is -2.46. The number of ether oxygens (including phenoxy) is 2. The van der Waals surface area contributed by atoms with Crippen LogP contribution in [0.5, 0.6) is 0 Å². The molecule has 0 aliphatic carbocycles. The highest BCUT2D eigenvalue weighted by Crippen LogP contribution is 2.37. The number of unbranched alkanes of at least 4 members (excludes halogenated alkanes) is 3. The van der Waals surface area contributed by atoms with Crippen molar-refractivity contribution in [1.29, 1.82) is 0 Å². The number of hydrogen-bond donors (Lipinski definition) is 0. The highest BCUT2D eigenvalue weighted by molar-refractivity contribution is 6.00. The minimum absolute atomic E-state index is 0.137. The van der Waals surface area contributed by atoms with Gasteiger partial charge in [0.1, 0.15) is 0 Å². The summed E-state index contributed by atoms with van der Waals surface area (Å²) in [5, 5.41) is 0. The van der Waals surface area contributed by atoms with Crippen LogP contribution in [0.2, 0.25) is 0 Å². The predicted octanol–water partition coefficient (Wildman–Crippen LogP) is 4.51. The van der Waals surface area contributed by atoms with Crippen molar-refractivity contribution in [3.05, 3.63) is 0 Å². The highest BCUT2D eigenvalue weighted by Gasteiger charge is 2.50. The first kappa shape index (κ1) is 20.9. The van der Waals surface area contributed by atoms with Crippen LogP contribution in [-0.4, -0.2) is 25.2 Å². The fraction of sp³-hybridized carbons (Fsp3) is 0.889. The summed E-state index contributed by atoms with van der Waals surface area (Å²) in [6, 6.07) is 0. The van der Waals surface area contributed by atoms with Gasteiger partial charge in [-0.15, -0.1) is 0 Å². The molecular weight excluding hydrogens is 280 g/mol. The van der Waals surface area contributed by atoms with E-state index < -0.39 is 17.4 Å². The molecule has 0 aromatic heterocycles. The van der Waals surface area contributed by atoms with Gasteiger partial charge in [0.2, 0.25) is 0 Å². The Labute approximate surface area is 135 Å². The first-order valence-electron chi connectivity index (χ1n) is 8.81. The minimum Gasteiger partial charge on any atom is -0.465 e. The maximum Gasteiger partial charge on any atom is 0.323 e. The van der Waals surface area contributed by atoms with Crippen LogP contribution in [0.25, 0.3) is 0 Å². The van der Waals surface area contributed by atoms with Crippen LogP contribution in [0.15, 0.2) is 0 Å². The summed E-state index contributed by atoms with van der Waals surface area (Å²) >= 11 is 0. The molecule has 0 aromatic rings. The van der Waals surface area contributed by atoms with E-state index >= 15 is 0 Å². The topological polar surface area (TPSA) is 52.6 Å². The number of hydrogen-bond acceptors (Lipinski definition) is 4. The summed E-state index contributed by atoms with van der Waals surface area (Å²) in [7, 11) is 0. The molecule has 0 aliphatic heterocycles. The van der Waals surface area contributed by atoms with Crippen molar-refractivity contribution < 1.29 is 19.1 Å². The largest absolute Gasteiger partial charge is 0.465 e. The van der Waals surface area contributed by atoms with E-state index in [9.17, 15) is 9.59 Å². The Hall–Kier alpha value is -1.06. The van der Waals surface area contributed by atoms with E-state index in [0.717, 1.165) is 38.5 Å². The number of carbonyl (C=O) groups excluding carboxylic acids is 2. The maximum atomic E-state index is 12.6. The Bertz CT molecular complexity index is 301. The van der Waals surface area contributed by atoms with Crippen LogP contribution in [0.1, 0.15) is 79.6 Å². The second-order valence-electron chi connectivity index (χ2n) is 6.21. The van der Waals surface area contributed by atoms with E-state index in [1.807, 2.05) is 27.7 Å². The van der Waals surface area contributed by atoms with Crippen LogP contribution in [0.4, 0.5) is 0 Å². The Morgan fingerprint density at radius 1 is 0.818 bits per heavy atom. The van der Waals surface area contributed by atoms with Crippen LogP contribution in [-0.2, 0) is 19.1 Å². The van der Waals surface area contributed by atoms with Gasteiger partial charge in [0.15, 0.2) is 5.41 Å². The molecule has 0 atom stereocenters. The van der Waals surface area contributed by atoms with Crippen molar-refractivity contribution in [3.8, 4) is 0 Å². The van der Waals surface area contributed by atoms with Crippen LogP contribution in [0, 0.1) is 11.3 Å². The van der Waals surface area contributed by atoms with E-state index in [1.54, 1.807) is 0 Å². The molecule has 4 heteroatoms. The van der Waals surface area contributed by atoms with Crippen molar-refractivity contribution in [2.75, 3.05) is 13.2 Å². The summed E-state index contributed by atoms with van der Waals surface area (Å²) in [5.74, 6) is -0.959. The summed E-state index contributed by atoms with van der Waals surface area (Å²) in [4.78, 5) is 25.3. The molecule has 4 nitrogen and oxygen atoms in total. The lowest BCUT2D eigenvalue weighted by molar-refractivity contribution is -0.177. The van der Waals surface area contributed by atoms with Gasteiger partial charge in [0.05, 0.1) is 13.2 Å². The van der Waals surface area contributed by atoms with Gasteiger partial charge in [-0.2, -0.15) is 0 Å². The molecule has 0 aromatic carbocycles. The van der Waals surface area contributed by atoms with Crippen LogP contribution < -0.4 is 0 Å². The number of esters is 2. The summed E-state index contributed by atoms with van der Waals surface area (Å²) < 4.78 is 10.8. The molecule has 0 spiro atoms. The minimum atomic E-state index is -1.16. The molecular formula is C18H34O4. The molecule has 0 aliphatic rings. The Balaban J connectivity index is 5.13. The van der Waals surface area contributed by atoms with Crippen molar-refractivity contribution in [3.63, 3.8) is 0 Å². The van der Waals surface area contributed by atoms with Gasteiger partial charge < -0.3 is 9.47 Å². The zero-order chi connectivity index (χ0) is 17.0. The molecule has 0 bridgehead atoms. The molecule has 0 N–H and O–H groups in total. The highest BCUT2D eigenvalue weighted by atomic mass is 16.6. The summed E-state index contributed by atoms with van der Waals surface area (Å²) in [5.41, 5.74) is -1.16. The number of rotatable bonds is 12. The zero-order valence-electron chi connectivity index (χ0n) is 15.1. The second-order valence-corrected chi connectivity index (χ2v) is 6.21. The Morgan fingerprint density at radius 3 is 1.55 bits per heavy atom. The van der Waals surface area contributed by atoms with Crippen molar-refractivity contribution >= 4 is 11.9 Å². The molecule has 130 valence electrons. The number of carbonyl (C=O) groups is 2. The molecule has 0 rings (SSSR count). The van der Waals surface area contributed by atoms with Crippen molar-refractivity contribution in [1.82, 2.24) is 0 Å². The lowest BCUT2D eigenvalue weighted by Gasteiger charge is -2.33. The molecule has 0 saturated carbocycles. The lowest BCUT2D eigenvalue weighted by atomic mass is 9.73. The molecule has 0 heterocycles. The molecule has 22 heavy (non-hydrogen) atoms.